The van der Waals surface area contributed by atoms with Crippen molar-refractivity contribution in [2.75, 3.05) is 13.2 Å². The third kappa shape index (κ3) is 16.2. The van der Waals surface area contributed by atoms with Crippen LogP contribution in [0.25, 0.3) is 0 Å². The van der Waals surface area contributed by atoms with Gasteiger partial charge in [-0.3, -0.25) is 38.4 Å². The fourth-order valence-electron chi connectivity index (χ4n) is 5.43. The van der Waals surface area contributed by atoms with Gasteiger partial charge in [-0.25, -0.2) is 0 Å². The van der Waals surface area contributed by atoms with Crippen LogP contribution in [0.15, 0.2) is 24.0 Å². The molecule has 356 valence electrons. The van der Waals surface area contributed by atoms with Crippen molar-refractivity contribution < 1.29 is 81.0 Å². The molecule has 0 spiro atoms. The van der Waals surface area contributed by atoms with Crippen LogP contribution in [0, 0.1) is 41.4 Å². The SMILES string of the molecule is CC(C)C(=O)OC[C@H]1O[C@@H](N2C=CCC(C(N)=O)=C2)[C@H](OC(=O)C(C)C)[C@@H]1OC(=O)C(C)C.CC(C)C(=O)OC[C@H]1O[C@@H](OC(=O)C(C)C)[C@H](OC(=O)C(C)C)[C@@H]1OC(=O)C(C)C. The molecule has 0 aliphatic carbocycles. The molecule has 2 fully saturated rings. The molecule has 3 aliphatic rings. The van der Waals surface area contributed by atoms with Gasteiger partial charge in [-0.1, -0.05) is 103 Å². The lowest BCUT2D eigenvalue weighted by Gasteiger charge is -2.31. The average molecular weight is 897 g/mol. The van der Waals surface area contributed by atoms with Gasteiger partial charge in [-0.05, 0) is 6.42 Å². The molecule has 19 heteroatoms. The van der Waals surface area contributed by atoms with Gasteiger partial charge in [0.1, 0.15) is 25.4 Å². The van der Waals surface area contributed by atoms with Crippen LogP contribution in [0.2, 0.25) is 0 Å². The second-order valence-corrected chi connectivity index (χ2v) is 17.5. The predicted molar refractivity (Wildman–Crippen MR) is 222 cm³/mol. The van der Waals surface area contributed by atoms with Gasteiger partial charge in [0.05, 0.1) is 41.4 Å². The maximum atomic E-state index is 12.5. The summed E-state index contributed by atoms with van der Waals surface area (Å²) in [5.74, 6) is -7.22. The zero-order chi connectivity index (χ0) is 48.0. The first-order valence-corrected chi connectivity index (χ1v) is 21.4. The summed E-state index contributed by atoms with van der Waals surface area (Å²) in [7, 11) is 0. The number of ether oxygens (including phenoxy) is 9. The van der Waals surface area contributed by atoms with Crippen LogP contribution in [0.1, 0.15) is 103 Å². The Hall–Kier alpha value is -5.04. The van der Waals surface area contributed by atoms with Crippen LogP contribution in [-0.2, 0) is 81.0 Å². The number of nitrogens with two attached hydrogens (primary N) is 1. The van der Waals surface area contributed by atoms with Gasteiger partial charge in [0.15, 0.2) is 24.5 Å². The van der Waals surface area contributed by atoms with Crippen molar-refractivity contribution in [1.82, 2.24) is 4.90 Å². The molecule has 0 unspecified atom stereocenters. The highest BCUT2D eigenvalue weighted by molar-refractivity contribution is 5.92. The Morgan fingerprint density at radius 3 is 1.27 bits per heavy atom. The zero-order valence-electron chi connectivity index (χ0n) is 39.0. The Morgan fingerprint density at radius 2 is 0.873 bits per heavy atom. The second-order valence-electron chi connectivity index (χ2n) is 17.5. The highest BCUT2D eigenvalue weighted by Crippen LogP contribution is 2.34. The second kappa shape index (κ2) is 24.7. The Kier molecular flexibility index (Phi) is 21.2. The van der Waals surface area contributed by atoms with Crippen molar-refractivity contribution in [3.05, 3.63) is 24.0 Å². The van der Waals surface area contributed by atoms with Crippen molar-refractivity contribution >= 4 is 47.7 Å². The van der Waals surface area contributed by atoms with Gasteiger partial charge in [0, 0.05) is 18.0 Å². The quantitative estimate of drug-likeness (QED) is 0.151. The van der Waals surface area contributed by atoms with Crippen LogP contribution in [0.3, 0.4) is 0 Å². The average Bonchev–Trinajstić information content (AvgIpc) is 3.70. The third-order valence-electron chi connectivity index (χ3n) is 9.40. The van der Waals surface area contributed by atoms with E-state index in [1.165, 1.54) is 6.20 Å². The number of amides is 1. The van der Waals surface area contributed by atoms with Gasteiger partial charge >= 0.3 is 41.8 Å². The van der Waals surface area contributed by atoms with Gasteiger partial charge < -0.3 is 53.3 Å². The molecule has 1 amide bonds. The smallest absolute Gasteiger partial charge is 0.310 e. The first kappa shape index (κ1) is 54.1. The lowest BCUT2D eigenvalue weighted by Crippen LogP contribution is -2.46. The summed E-state index contributed by atoms with van der Waals surface area (Å²) in [6.07, 6.45) is -3.24. The molecular formula is C44H68N2O17. The Balaban J connectivity index is 0.000000436. The van der Waals surface area contributed by atoms with E-state index in [4.69, 9.17) is 48.4 Å². The molecule has 2 N–H and O–H groups in total. The van der Waals surface area contributed by atoms with E-state index in [9.17, 15) is 38.4 Å². The van der Waals surface area contributed by atoms with Gasteiger partial charge in [-0.15, -0.1) is 0 Å². The van der Waals surface area contributed by atoms with Crippen molar-refractivity contribution in [1.29, 1.82) is 0 Å². The molecular weight excluding hydrogens is 828 g/mol. The summed E-state index contributed by atoms with van der Waals surface area (Å²) in [6.45, 7) is 22.9. The van der Waals surface area contributed by atoms with Crippen LogP contribution >= 0.6 is 0 Å². The normalized spacial score (nSPS) is 24.3. The van der Waals surface area contributed by atoms with E-state index in [1.807, 2.05) is 0 Å². The molecule has 0 aromatic carbocycles. The Bertz CT molecular complexity index is 1680. The van der Waals surface area contributed by atoms with Crippen LogP contribution in [-0.4, -0.2) is 115 Å². The molecule has 0 bridgehead atoms. The summed E-state index contributed by atoms with van der Waals surface area (Å²) < 4.78 is 50.1. The molecule has 3 aliphatic heterocycles. The lowest BCUT2D eigenvalue weighted by atomic mass is 10.1. The molecule has 0 aromatic heterocycles. The number of hydrogen-bond donors (Lipinski definition) is 1. The minimum Gasteiger partial charge on any atom is -0.463 e. The number of rotatable bonds is 18. The number of carbonyl (C=O) groups excluding carboxylic acids is 8. The van der Waals surface area contributed by atoms with Crippen molar-refractivity contribution in [2.24, 2.45) is 47.2 Å². The molecule has 63 heavy (non-hydrogen) atoms. The predicted octanol–water partition coefficient (Wildman–Crippen LogP) is 3.88. The summed E-state index contributed by atoms with van der Waals surface area (Å²) in [5.41, 5.74) is 5.76. The van der Waals surface area contributed by atoms with Crippen molar-refractivity contribution in [3.63, 3.8) is 0 Å². The van der Waals surface area contributed by atoms with Gasteiger partial charge in [0.2, 0.25) is 18.3 Å². The molecule has 3 rings (SSSR count). The summed E-state index contributed by atoms with van der Waals surface area (Å²) >= 11 is 0. The highest BCUT2D eigenvalue weighted by Gasteiger charge is 2.54. The van der Waals surface area contributed by atoms with E-state index in [-0.39, 0.29) is 25.0 Å². The molecule has 0 saturated carbocycles. The molecule has 3 heterocycles. The number of esters is 7. The largest absolute Gasteiger partial charge is 0.463 e. The maximum Gasteiger partial charge on any atom is 0.310 e. The highest BCUT2D eigenvalue weighted by atomic mass is 16.8. The zero-order valence-corrected chi connectivity index (χ0v) is 39.0. The number of hydrogen-bond acceptors (Lipinski definition) is 18. The number of primary amides is 1. The van der Waals surface area contributed by atoms with Gasteiger partial charge in [0.25, 0.3) is 0 Å². The van der Waals surface area contributed by atoms with E-state index < -0.39 is 126 Å². The number of allylic oxidation sites excluding steroid dienone is 1. The Labute approximate surface area is 369 Å². The van der Waals surface area contributed by atoms with Crippen molar-refractivity contribution in [3.8, 4) is 0 Å². The topological polar surface area (TPSA) is 249 Å². The molecule has 19 nitrogen and oxygen atoms in total. The summed E-state index contributed by atoms with van der Waals surface area (Å²) in [6, 6.07) is 0. The van der Waals surface area contributed by atoms with Gasteiger partial charge in [-0.2, -0.15) is 0 Å². The first-order valence-electron chi connectivity index (χ1n) is 21.4. The minimum absolute atomic E-state index is 0.205. The summed E-state index contributed by atoms with van der Waals surface area (Å²) in [5, 5.41) is 0. The minimum atomic E-state index is -1.30. The monoisotopic (exact) mass is 896 g/mol. The molecule has 0 aromatic rings. The van der Waals surface area contributed by atoms with Crippen LogP contribution in [0.4, 0.5) is 0 Å². The number of nitrogens with zero attached hydrogens (tertiary/aromatic N) is 1. The van der Waals surface area contributed by atoms with E-state index in [0.717, 1.165) is 0 Å². The van der Waals surface area contributed by atoms with E-state index in [2.05, 4.69) is 0 Å². The van der Waals surface area contributed by atoms with Crippen LogP contribution in [0.5, 0.6) is 0 Å². The lowest BCUT2D eigenvalue weighted by molar-refractivity contribution is -0.203. The van der Waals surface area contributed by atoms with E-state index in [0.29, 0.717) is 12.0 Å². The Morgan fingerprint density at radius 1 is 0.524 bits per heavy atom. The van der Waals surface area contributed by atoms with Crippen molar-refractivity contribution in [2.45, 2.75) is 152 Å². The van der Waals surface area contributed by atoms with E-state index >= 15 is 0 Å². The maximum absolute atomic E-state index is 12.5. The molecule has 0 radical (unpaired) electrons. The molecule has 2 saturated heterocycles. The first-order chi connectivity index (χ1) is 29.3. The number of carbonyl (C=O) groups is 8. The third-order valence-corrected chi connectivity index (χ3v) is 9.40. The fraction of sp³-hybridized carbons (Fsp3) is 0.727. The van der Waals surface area contributed by atoms with E-state index in [1.54, 1.807) is 114 Å². The standard InChI is InChI=1S/C23H34N2O8.C21H34O9/c1-12(2)21(27)30-11-16-17(32-22(28)13(3)4)18(33-23(29)14(5)6)20(31-16)25-9-7-8-15(10-25)19(24)26;1-10(2)17(22)26-9-14-15(28-18(23)11(3)4)16(29-19(24)12(5)6)21(27-14)30-20(25)13(7)8/h7,9-10,12-14,16-18,20H,8,11H2,1-6H3,(H2,24,26);10-16,21H,9H2,1-8H3/t16-,17-,18-,20-;14-,15-,16-,21+/m11/s1. The fourth-order valence-corrected chi connectivity index (χ4v) is 5.43. The summed E-state index contributed by atoms with van der Waals surface area (Å²) in [4.78, 5) is 98.7. The van der Waals surface area contributed by atoms with Crippen LogP contribution < -0.4 is 5.73 Å². The molecule has 8 atom stereocenters.